The van der Waals surface area contributed by atoms with E-state index in [1.165, 1.54) is 0 Å². The van der Waals surface area contributed by atoms with Crippen molar-refractivity contribution >= 4 is 28.9 Å². The SMILES string of the molecule is S=Cc1nc(-c2ccccc2)cs1. The molecule has 0 saturated heterocycles. The number of thiazole rings is 1. The summed E-state index contributed by atoms with van der Waals surface area (Å²) in [7, 11) is 0. The number of thiocarbonyl (C=S) groups is 1. The third-order valence-corrected chi connectivity index (χ3v) is 2.86. The summed E-state index contributed by atoms with van der Waals surface area (Å²) >= 11 is 6.38. The highest BCUT2D eigenvalue weighted by atomic mass is 32.1. The first-order chi connectivity index (χ1) is 6.40. The number of hydrogen-bond acceptors (Lipinski definition) is 3. The molecule has 2 rings (SSSR count). The Hall–Kier alpha value is -1.06. The average molecular weight is 205 g/mol. The maximum atomic E-state index is 4.80. The average Bonchev–Trinajstić information content (AvgIpc) is 2.67. The van der Waals surface area contributed by atoms with Crippen molar-refractivity contribution in [2.75, 3.05) is 0 Å². The highest BCUT2D eigenvalue weighted by Crippen LogP contribution is 2.20. The molecule has 0 amide bonds. The predicted molar refractivity (Wildman–Crippen MR) is 60.3 cm³/mol. The Morgan fingerprint density at radius 2 is 2.00 bits per heavy atom. The van der Waals surface area contributed by atoms with Gasteiger partial charge < -0.3 is 0 Å². The highest BCUT2D eigenvalue weighted by molar-refractivity contribution is 7.79. The standard InChI is InChI=1S/C10H7NS2/c12-6-10-11-9(7-13-10)8-4-2-1-3-5-8/h1-7H. The first-order valence-electron chi connectivity index (χ1n) is 3.86. The summed E-state index contributed by atoms with van der Waals surface area (Å²) in [6.07, 6.45) is 0. The zero-order valence-corrected chi connectivity index (χ0v) is 8.44. The van der Waals surface area contributed by atoms with Crippen LogP contribution < -0.4 is 0 Å². The Bertz CT molecular complexity index is 406. The summed E-state index contributed by atoms with van der Waals surface area (Å²) < 4.78 is 0. The summed E-state index contributed by atoms with van der Waals surface area (Å²) in [5.41, 5.74) is 2.14. The lowest BCUT2D eigenvalue weighted by molar-refractivity contribution is 1.40. The van der Waals surface area contributed by atoms with Crippen LogP contribution in [0.5, 0.6) is 0 Å². The van der Waals surface area contributed by atoms with Gasteiger partial charge in [-0.1, -0.05) is 42.5 Å². The van der Waals surface area contributed by atoms with Crippen LogP contribution in [0.4, 0.5) is 0 Å². The van der Waals surface area contributed by atoms with Crippen LogP contribution in [0.15, 0.2) is 35.7 Å². The van der Waals surface area contributed by atoms with Crippen LogP contribution in [0.1, 0.15) is 5.01 Å². The van der Waals surface area contributed by atoms with Crippen molar-refractivity contribution in [1.82, 2.24) is 4.98 Å². The van der Waals surface area contributed by atoms with Gasteiger partial charge in [0.25, 0.3) is 0 Å². The number of hydrogen-bond donors (Lipinski definition) is 0. The topological polar surface area (TPSA) is 12.9 Å². The lowest BCUT2D eigenvalue weighted by Gasteiger charge is -1.92. The molecule has 3 heteroatoms. The molecule has 64 valence electrons. The van der Waals surface area contributed by atoms with Crippen molar-refractivity contribution in [3.8, 4) is 11.3 Å². The Morgan fingerprint density at radius 1 is 1.23 bits per heavy atom. The molecule has 0 atom stereocenters. The summed E-state index contributed by atoms with van der Waals surface area (Å²) in [5, 5.41) is 4.53. The smallest absolute Gasteiger partial charge is 0.127 e. The van der Waals surface area contributed by atoms with Gasteiger partial charge in [0.1, 0.15) is 5.01 Å². The van der Waals surface area contributed by atoms with E-state index in [4.69, 9.17) is 12.2 Å². The molecule has 0 fully saturated rings. The van der Waals surface area contributed by atoms with Gasteiger partial charge in [-0.15, -0.1) is 11.3 Å². The van der Waals surface area contributed by atoms with Crippen LogP contribution in [0.2, 0.25) is 0 Å². The van der Waals surface area contributed by atoms with E-state index in [9.17, 15) is 0 Å². The molecule has 0 spiro atoms. The molecular weight excluding hydrogens is 198 g/mol. The third-order valence-electron chi connectivity index (χ3n) is 1.69. The minimum Gasteiger partial charge on any atom is -0.236 e. The Morgan fingerprint density at radius 3 is 2.62 bits per heavy atom. The fraction of sp³-hybridized carbons (Fsp3) is 0. The second kappa shape index (κ2) is 3.77. The minimum atomic E-state index is 0.897. The molecule has 1 nitrogen and oxygen atoms in total. The monoisotopic (exact) mass is 205 g/mol. The maximum absolute atomic E-state index is 4.80. The van der Waals surface area contributed by atoms with E-state index in [1.54, 1.807) is 16.7 Å². The van der Waals surface area contributed by atoms with Crippen molar-refractivity contribution in [3.63, 3.8) is 0 Å². The van der Waals surface area contributed by atoms with Crippen molar-refractivity contribution in [3.05, 3.63) is 40.7 Å². The molecule has 0 radical (unpaired) electrons. The number of aromatic nitrogens is 1. The van der Waals surface area contributed by atoms with Gasteiger partial charge in [-0.3, -0.25) is 0 Å². The highest BCUT2D eigenvalue weighted by Gasteiger charge is 2.00. The van der Waals surface area contributed by atoms with E-state index in [2.05, 4.69) is 4.98 Å². The molecule has 1 heterocycles. The minimum absolute atomic E-state index is 0.897. The molecular formula is C10H7NS2. The molecule has 0 unspecified atom stereocenters. The Kier molecular flexibility index (Phi) is 2.47. The van der Waals surface area contributed by atoms with Crippen molar-refractivity contribution in [1.29, 1.82) is 0 Å². The van der Waals surface area contributed by atoms with Gasteiger partial charge in [0.2, 0.25) is 0 Å². The second-order valence-electron chi connectivity index (χ2n) is 2.55. The fourth-order valence-corrected chi connectivity index (χ4v) is 1.93. The van der Waals surface area contributed by atoms with Crippen LogP contribution in [0, 0.1) is 0 Å². The van der Waals surface area contributed by atoms with E-state index in [1.807, 2.05) is 35.7 Å². The van der Waals surface area contributed by atoms with Gasteiger partial charge in [-0.05, 0) is 0 Å². The van der Waals surface area contributed by atoms with Crippen molar-refractivity contribution in [2.45, 2.75) is 0 Å². The van der Waals surface area contributed by atoms with Crippen LogP contribution in [0.3, 0.4) is 0 Å². The van der Waals surface area contributed by atoms with Gasteiger partial charge in [0.05, 0.1) is 5.69 Å². The van der Waals surface area contributed by atoms with Gasteiger partial charge >= 0.3 is 0 Å². The zero-order valence-electron chi connectivity index (χ0n) is 6.81. The van der Waals surface area contributed by atoms with E-state index in [0.29, 0.717) is 0 Å². The maximum Gasteiger partial charge on any atom is 0.127 e. The van der Waals surface area contributed by atoms with E-state index < -0.39 is 0 Å². The van der Waals surface area contributed by atoms with Gasteiger partial charge in [-0.25, -0.2) is 4.98 Å². The normalized spacial score (nSPS) is 9.85. The van der Waals surface area contributed by atoms with Crippen LogP contribution in [-0.4, -0.2) is 10.4 Å². The molecule has 13 heavy (non-hydrogen) atoms. The largest absolute Gasteiger partial charge is 0.236 e. The quantitative estimate of drug-likeness (QED) is 0.698. The lowest BCUT2D eigenvalue weighted by atomic mass is 10.2. The van der Waals surface area contributed by atoms with Crippen molar-refractivity contribution in [2.24, 2.45) is 0 Å². The predicted octanol–water partition coefficient (Wildman–Crippen LogP) is 3.16. The molecule has 0 aliphatic heterocycles. The molecule has 0 aliphatic carbocycles. The summed E-state index contributed by atoms with van der Waals surface area (Å²) in [5.74, 6) is 0. The second-order valence-corrected chi connectivity index (χ2v) is 3.68. The van der Waals surface area contributed by atoms with E-state index in [-0.39, 0.29) is 0 Å². The number of nitrogens with zero attached hydrogens (tertiary/aromatic N) is 1. The molecule has 0 saturated carbocycles. The molecule has 0 N–H and O–H groups in total. The van der Waals surface area contributed by atoms with E-state index in [0.717, 1.165) is 16.3 Å². The molecule has 1 aromatic carbocycles. The number of rotatable bonds is 2. The lowest BCUT2D eigenvalue weighted by Crippen LogP contribution is -1.78. The van der Waals surface area contributed by atoms with Crippen molar-refractivity contribution < 1.29 is 0 Å². The Balaban J connectivity index is 2.41. The van der Waals surface area contributed by atoms with E-state index >= 15 is 0 Å². The summed E-state index contributed by atoms with van der Waals surface area (Å²) in [6.45, 7) is 0. The van der Waals surface area contributed by atoms with Crippen LogP contribution in [0.25, 0.3) is 11.3 Å². The first kappa shape index (κ1) is 8.53. The first-order valence-corrected chi connectivity index (χ1v) is 5.21. The molecule has 2 aromatic rings. The Labute approximate surface area is 86.1 Å². The number of benzene rings is 1. The fourth-order valence-electron chi connectivity index (χ4n) is 1.08. The van der Waals surface area contributed by atoms with Gasteiger partial charge in [-0.2, -0.15) is 0 Å². The van der Waals surface area contributed by atoms with Crippen LogP contribution in [-0.2, 0) is 0 Å². The summed E-state index contributed by atoms with van der Waals surface area (Å²) in [6, 6.07) is 10.1. The zero-order chi connectivity index (χ0) is 9.10. The van der Waals surface area contributed by atoms with Gasteiger partial charge in [0, 0.05) is 16.3 Å². The molecule has 0 bridgehead atoms. The van der Waals surface area contributed by atoms with Crippen LogP contribution >= 0.6 is 23.6 Å². The van der Waals surface area contributed by atoms with Gasteiger partial charge in [0.15, 0.2) is 0 Å². The third kappa shape index (κ3) is 1.82. The molecule has 0 aliphatic rings. The summed E-state index contributed by atoms with van der Waals surface area (Å²) in [4.78, 5) is 4.36. The molecule has 1 aromatic heterocycles.